The fourth-order valence-corrected chi connectivity index (χ4v) is 4.53. The lowest BCUT2D eigenvalue weighted by atomic mass is 10.0. The maximum atomic E-state index is 13.2. The lowest BCUT2D eigenvalue weighted by Crippen LogP contribution is -2.35. The molecule has 0 aliphatic carbocycles. The summed E-state index contributed by atoms with van der Waals surface area (Å²) in [4.78, 5) is 18.6. The van der Waals surface area contributed by atoms with Crippen LogP contribution in [-0.4, -0.2) is 30.1 Å². The number of hydrogen-bond donors (Lipinski definition) is 1. The van der Waals surface area contributed by atoms with Gasteiger partial charge in [-0.1, -0.05) is 49.4 Å². The van der Waals surface area contributed by atoms with Crippen molar-refractivity contribution in [2.45, 2.75) is 72.6 Å². The van der Waals surface area contributed by atoms with Crippen LogP contribution in [0.3, 0.4) is 0 Å². The number of tetrazole rings is 1. The first-order valence-corrected chi connectivity index (χ1v) is 11.9. The van der Waals surface area contributed by atoms with Crippen LogP contribution in [0, 0.1) is 13.8 Å². The summed E-state index contributed by atoms with van der Waals surface area (Å²) in [5, 5.41) is 13.8. The number of aromatic amines is 1. The SMILES string of the molecule is CC[C@@H](c1nnnn1C(C)(C)C)N(Cc1ccccc1)Cc1cc2c(C)ccc(C)c2[nH]c1=O. The van der Waals surface area contributed by atoms with Gasteiger partial charge in [0, 0.05) is 24.0 Å². The highest BCUT2D eigenvalue weighted by molar-refractivity contribution is 5.85. The van der Waals surface area contributed by atoms with E-state index in [1.165, 1.54) is 5.56 Å². The molecule has 2 aromatic carbocycles. The molecule has 4 rings (SSSR count). The van der Waals surface area contributed by atoms with E-state index in [1.54, 1.807) is 0 Å². The van der Waals surface area contributed by atoms with Crippen LogP contribution in [0.1, 0.15) is 68.2 Å². The quantitative estimate of drug-likeness (QED) is 0.420. The smallest absolute Gasteiger partial charge is 0.252 e. The molecule has 2 heterocycles. The van der Waals surface area contributed by atoms with Crippen LogP contribution in [0.2, 0.25) is 0 Å². The summed E-state index contributed by atoms with van der Waals surface area (Å²) in [5.74, 6) is 0.815. The van der Waals surface area contributed by atoms with Gasteiger partial charge >= 0.3 is 0 Å². The van der Waals surface area contributed by atoms with E-state index in [9.17, 15) is 4.79 Å². The molecule has 4 aromatic rings. The molecule has 0 saturated carbocycles. The first-order valence-electron chi connectivity index (χ1n) is 11.9. The second kappa shape index (κ2) is 9.50. The van der Waals surface area contributed by atoms with E-state index in [4.69, 9.17) is 0 Å². The minimum atomic E-state index is -0.250. The third kappa shape index (κ3) is 4.80. The van der Waals surface area contributed by atoms with Gasteiger partial charge in [0.1, 0.15) is 0 Å². The van der Waals surface area contributed by atoms with E-state index in [2.05, 4.69) is 84.3 Å². The Bertz CT molecular complexity index is 1330. The van der Waals surface area contributed by atoms with Gasteiger partial charge in [0.2, 0.25) is 0 Å². The molecule has 0 saturated heterocycles. The highest BCUT2D eigenvalue weighted by atomic mass is 16.1. The number of fused-ring (bicyclic) bond motifs is 1. The molecule has 0 fully saturated rings. The summed E-state index contributed by atoms with van der Waals surface area (Å²) in [5.41, 5.74) is 4.75. The highest BCUT2D eigenvalue weighted by Gasteiger charge is 2.29. The van der Waals surface area contributed by atoms with Crippen molar-refractivity contribution in [3.8, 4) is 0 Å². The Morgan fingerprint density at radius 2 is 1.74 bits per heavy atom. The molecule has 1 N–H and O–H groups in total. The van der Waals surface area contributed by atoms with E-state index in [0.717, 1.165) is 39.8 Å². The second-order valence-electron chi connectivity index (χ2n) is 10.0. The summed E-state index contributed by atoms with van der Waals surface area (Å²) < 4.78 is 1.90. The summed E-state index contributed by atoms with van der Waals surface area (Å²) in [7, 11) is 0. The molecule has 178 valence electrons. The Labute approximate surface area is 200 Å². The van der Waals surface area contributed by atoms with Gasteiger partial charge < -0.3 is 4.98 Å². The van der Waals surface area contributed by atoms with Crippen molar-refractivity contribution in [2.24, 2.45) is 0 Å². The van der Waals surface area contributed by atoms with Crippen LogP contribution >= 0.6 is 0 Å². The van der Waals surface area contributed by atoms with E-state index in [1.807, 2.05) is 35.9 Å². The largest absolute Gasteiger partial charge is 0.321 e. The molecule has 7 nitrogen and oxygen atoms in total. The monoisotopic (exact) mass is 458 g/mol. The second-order valence-corrected chi connectivity index (χ2v) is 10.0. The Hall–Kier alpha value is -3.32. The van der Waals surface area contributed by atoms with Gasteiger partial charge in [-0.25, -0.2) is 4.68 Å². The molecular formula is C27H34N6O. The molecule has 34 heavy (non-hydrogen) atoms. The van der Waals surface area contributed by atoms with Crippen molar-refractivity contribution in [2.75, 3.05) is 0 Å². The first-order chi connectivity index (χ1) is 16.2. The summed E-state index contributed by atoms with van der Waals surface area (Å²) in [6, 6.07) is 16.5. The average Bonchev–Trinajstić information content (AvgIpc) is 3.29. The number of hydrogen-bond acceptors (Lipinski definition) is 5. The van der Waals surface area contributed by atoms with E-state index in [0.29, 0.717) is 13.1 Å². The molecule has 0 unspecified atom stereocenters. The molecule has 0 bridgehead atoms. The first kappa shape index (κ1) is 23.8. The maximum absolute atomic E-state index is 13.2. The fraction of sp³-hybridized carbons (Fsp3) is 0.407. The van der Waals surface area contributed by atoms with Gasteiger partial charge in [-0.2, -0.15) is 0 Å². The number of pyridine rings is 1. The van der Waals surface area contributed by atoms with E-state index < -0.39 is 0 Å². The summed E-state index contributed by atoms with van der Waals surface area (Å²) in [6.45, 7) is 13.7. The van der Waals surface area contributed by atoms with E-state index >= 15 is 0 Å². The third-order valence-corrected chi connectivity index (χ3v) is 6.38. The van der Waals surface area contributed by atoms with Crippen LogP contribution in [0.4, 0.5) is 0 Å². The lowest BCUT2D eigenvalue weighted by molar-refractivity contribution is 0.153. The van der Waals surface area contributed by atoms with Gasteiger partial charge in [0.25, 0.3) is 5.56 Å². The number of aryl methyl sites for hydroxylation is 2. The van der Waals surface area contributed by atoms with Crippen molar-refractivity contribution >= 4 is 10.9 Å². The van der Waals surface area contributed by atoms with Gasteiger partial charge in [-0.15, -0.1) is 5.10 Å². The third-order valence-electron chi connectivity index (χ3n) is 6.38. The standard InChI is InChI=1S/C27H34N6O/c1-7-23(25-29-30-31-33(25)27(4,5)6)32(16-20-11-9-8-10-12-20)17-21-15-22-18(2)13-14-19(3)24(22)28-26(21)34/h8-15,23H,7,16-17H2,1-6H3,(H,28,34)/t23-/m0/s1. The van der Waals surface area contributed by atoms with Crippen LogP contribution in [0.25, 0.3) is 10.9 Å². The molecular weight excluding hydrogens is 424 g/mol. The van der Waals surface area contributed by atoms with Gasteiger partial charge in [0.05, 0.1) is 17.1 Å². The zero-order valence-electron chi connectivity index (χ0n) is 21.0. The Kier molecular flexibility index (Phi) is 6.66. The molecule has 0 spiro atoms. The Morgan fingerprint density at radius 1 is 1.03 bits per heavy atom. The van der Waals surface area contributed by atoms with Crippen molar-refractivity contribution in [1.82, 2.24) is 30.1 Å². The maximum Gasteiger partial charge on any atom is 0.252 e. The minimum Gasteiger partial charge on any atom is -0.321 e. The zero-order valence-corrected chi connectivity index (χ0v) is 21.0. The Morgan fingerprint density at radius 3 is 2.41 bits per heavy atom. The van der Waals surface area contributed by atoms with Crippen LogP contribution in [0.15, 0.2) is 53.3 Å². The molecule has 0 aliphatic heterocycles. The molecule has 1 atom stereocenters. The normalized spacial score (nSPS) is 13.0. The molecule has 0 aliphatic rings. The number of nitrogens with zero attached hydrogens (tertiary/aromatic N) is 5. The molecule has 0 radical (unpaired) electrons. The number of rotatable bonds is 7. The predicted molar refractivity (Wildman–Crippen MR) is 136 cm³/mol. The van der Waals surface area contributed by atoms with Crippen molar-refractivity contribution < 1.29 is 0 Å². The summed E-state index contributed by atoms with van der Waals surface area (Å²) >= 11 is 0. The minimum absolute atomic E-state index is 0.0514. The molecule has 2 aromatic heterocycles. The number of aromatic nitrogens is 5. The zero-order chi connectivity index (χ0) is 24.5. The number of nitrogens with one attached hydrogen (secondary N) is 1. The number of H-pyrrole nitrogens is 1. The van der Waals surface area contributed by atoms with Gasteiger partial charge in [-0.05, 0) is 74.2 Å². The average molecular weight is 459 g/mol. The number of benzene rings is 2. The Balaban J connectivity index is 1.80. The molecule has 0 amide bonds. The fourth-order valence-electron chi connectivity index (χ4n) is 4.53. The predicted octanol–water partition coefficient (Wildman–Crippen LogP) is 5.04. The highest BCUT2D eigenvalue weighted by Crippen LogP contribution is 2.29. The van der Waals surface area contributed by atoms with E-state index in [-0.39, 0.29) is 17.1 Å². The van der Waals surface area contributed by atoms with Crippen LogP contribution in [0.5, 0.6) is 0 Å². The van der Waals surface area contributed by atoms with Crippen LogP contribution in [-0.2, 0) is 18.6 Å². The van der Waals surface area contributed by atoms with Crippen molar-refractivity contribution in [1.29, 1.82) is 0 Å². The van der Waals surface area contributed by atoms with Gasteiger partial charge in [0.15, 0.2) is 5.82 Å². The van der Waals surface area contributed by atoms with Crippen molar-refractivity contribution in [3.05, 3.63) is 87.0 Å². The van der Waals surface area contributed by atoms with Crippen molar-refractivity contribution in [3.63, 3.8) is 0 Å². The lowest BCUT2D eigenvalue weighted by Gasteiger charge is -2.32. The van der Waals surface area contributed by atoms with Gasteiger partial charge in [-0.3, -0.25) is 9.69 Å². The summed E-state index contributed by atoms with van der Waals surface area (Å²) in [6.07, 6.45) is 0.812. The topological polar surface area (TPSA) is 79.7 Å². The molecule has 7 heteroatoms. The van der Waals surface area contributed by atoms with Crippen LogP contribution < -0.4 is 5.56 Å².